The summed E-state index contributed by atoms with van der Waals surface area (Å²) in [7, 11) is 0. The van der Waals surface area contributed by atoms with E-state index in [-0.39, 0.29) is 24.8 Å². The van der Waals surface area contributed by atoms with Crippen molar-refractivity contribution < 1.29 is 48.7 Å². The topological polar surface area (TPSA) is 0 Å². The summed E-state index contributed by atoms with van der Waals surface area (Å²) in [5, 5.41) is 2.72. The van der Waals surface area contributed by atoms with E-state index in [1.165, 1.54) is 45.8 Å². The Morgan fingerprint density at radius 1 is 1.14 bits per heavy atom. The summed E-state index contributed by atoms with van der Waals surface area (Å²) in [6, 6.07) is 12.8. The predicted octanol–water partition coefficient (Wildman–Crippen LogP) is -0.684. The zero-order valence-electron chi connectivity index (χ0n) is 13.6. The molecule has 1 aliphatic rings. The van der Waals surface area contributed by atoms with Gasteiger partial charge in [-0.2, -0.15) is 17.2 Å². The predicted molar refractivity (Wildman–Crippen MR) is 86.8 cm³/mol. The van der Waals surface area contributed by atoms with Crippen LogP contribution >= 0.6 is 0 Å². The number of fused-ring (bicyclic) bond motifs is 1. The van der Waals surface area contributed by atoms with E-state index in [0.717, 1.165) is 6.42 Å². The minimum Gasteiger partial charge on any atom is -1.00 e. The van der Waals surface area contributed by atoms with E-state index in [2.05, 4.69) is 76.2 Å². The molecular weight excluding hydrogens is 478 g/mol. The van der Waals surface area contributed by atoms with Crippen LogP contribution in [0.25, 0.3) is 10.8 Å². The molecule has 118 valence electrons. The van der Waals surface area contributed by atoms with Crippen molar-refractivity contribution in [2.24, 2.45) is 0 Å². The molecule has 1 aliphatic carbocycles. The maximum atomic E-state index is 3.05. The number of hydrogen-bond acceptors (Lipinski definition) is 0. The molecule has 22 heavy (non-hydrogen) atoms. The van der Waals surface area contributed by atoms with Gasteiger partial charge in [0, 0.05) is 0 Å². The molecule has 0 atom stereocenters. The van der Waals surface area contributed by atoms with Crippen LogP contribution in [0.3, 0.4) is 0 Å². The quantitative estimate of drug-likeness (QED) is 0.333. The first kappa shape index (κ1) is 23.9. The Kier molecular flexibility index (Phi) is 14.2. The van der Waals surface area contributed by atoms with Crippen molar-refractivity contribution in [1.29, 1.82) is 0 Å². The fourth-order valence-electron chi connectivity index (χ4n) is 1.79. The van der Waals surface area contributed by atoms with Gasteiger partial charge in [-0.1, -0.05) is 19.9 Å². The van der Waals surface area contributed by atoms with Gasteiger partial charge in [0.15, 0.2) is 0 Å². The van der Waals surface area contributed by atoms with Crippen molar-refractivity contribution in [1.82, 2.24) is 0 Å². The maximum Gasteiger partial charge on any atom is -0.0809 e. The molecule has 0 spiro atoms. The molecule has 0 saturated heterocycles. The van der Waals surface area contributed by atoms with Crippen molar-refractivity contribution in [2.45, 2.75) is 34.1 Å². The number of allylic oxidation sites excluding steroid dienone is 4. The molecule has 0 saturated carbocycles. The van der Waals surface area contributed by atoms with Crippen LogP contribution in [0.1, 0.15) is 32.8 Å². The van der Waals surface area contributed by atoms with E-state index >= 15 is 0 Å². The number of halogens is 2. The molecule has 0 unspecified atom stereocenters. The normalized spacial score (nSPS) is 11.1. The van der Waals surface area contributed by atoms with Crippen LogP contribution < -0.4 is 24.8 Å². The van der Waals surface area contributed by atoms with Gasteiger partial charge in [0.05, 0.1) is 0 Å². The van der Waals surface area contributed by atoms with Gasteiger partial charge in [0.1, 0.15) is 0 Å². The maximum absolute atomic E-state index is 3.05. The van der Waals surface area contributed by atoms with Gasteiger partial charge in [-0.15, -0.1) is 41.5 Å². The van der Waals surface area contributed by atoms with E-state index in [4.69, 9.17) is 0 Å². The van der Waals surface area contributed by atoms with Gasteiger partial charge in [-0.3, -0.25) is 6.08 Å². The van der Waals surface area contributed by atoms with Gasteiger partial charge in [-0.25, -0.2) is 12.2 Å². The molecule has 2 aromatic carbocycles. The second-order valence-electron chi connectivity index (χ2n) is 5.16. The Morgan fingerprint density at radius 2 is 1.73 bits per heavy atom. The van der Waals surface area contributed by atoms with Crippen molar-refractivity contribution in [2.75, 3.05) is 0 Å². The number of rotatable bonds is 0. The van der Waals surface area contributed by atoms with Crippen molar-refractivity contribution in [3.8, 4) is 0 Å². The first-order chi connectivity index (χ1) is 9.50. The van der Waals surface area contributed by atoms with Gasteiger partial charge in [-0.05, 0) is 0 Å². The van der Waals surface area contributed by atoms with Crippen LogP contribution in [0, 0.1) is 13.0 Å². The van der Waals surface area contributed by atoms with Crippen LogP contribution in [-0.2, 0) is 23.9 Å². The Balaban J connectivity index is 0. The summed E-state index contributed by atoms with van der Waals surface area (Å²) in [5.41, 5.74) is 2.78. The fraction of sp³-hybridized carbons (Fsp3) is 0.263. The fourth-order valence-corrected chi connectivity index (χ4v) is 1.79. The summed E-state index contributed by atoms with van der Waals surface area (Å²) in [5.74, 6) is 0. The van der Waals surface area contributed by atoms with Gasteiger partial charge in [0.2, 0.25) is 0 Å². The zero-order valence-corrected chi connectivity index (χ0v) is 18.7. The standard InChI is InChI=1S/C10H9.C6H7.C3H6.2ClH.Hf/c1-8-6-7-9-4-2-3-5-10(8)9;1-6-4-2-3-5-6;1-3-2;;;/h2-7H,1H3;2,4H,5H2,1H3;1-2H3;2*1H;/q2*-1;;;;+2/p-2. The first-order valence-corrected chi connectivity index (χ1v) is 8.65. The SMILES string of the molecule is CC1=CC=[C-]C1.C[C](C)=[Hf+2].Cc1c[cH-]c2ccccc12.[Cl-].[Cl-]. The van der Waals surface area contributed by atoms with Crippen LogP contribution in [0.15, 0.2) is 54.1 Å². The van der Waals surface area contributed by atoms with Gasteiger partial charge in [0.25, 0.3) is 0 Å². The van der Waals surface area contributed by atoms with Crippen LogP contribution in [-0.4, -0.2) is 3.26 Å². The average Bonchev–Trinajstić information content (AvgIpc) is 3.00. The average molecular weight is 500 g/mol. The van der Waals surface area contributed by atoms with Crippen LogP contribution in [0.4, 0.5) is 0 Å². The molecule has 0 bridgehead atoms. The van der Waals surface area contributed by atoms with Crippen molar-refractivity contribution in [3.05, 3.63) is 65.8 Å². The molecular formula is C19H22Cl2Hf-2. The van der Waals surface area contributed by atoms with E-state index < -0.39 is 0 Å². The van der Waals surface area contributed by atoms with E-state index in [1.54, 1.807) is 3.26 Å². The Labute approximate surface area is 161 Å². The molecule has 0 nitrogen and oxygen atoms in total. The second kappa shape index (κ2) is 13.1. The van der Waals surface area contributed by atoms with Gasteiger partial charge < -0.3 is 24.8 Å². The Hall–Kier alpha value is -0.370. The molecule has 3 heteroatoms. The minimum atomic E-state index is 0. The monoisotopic (exact) mass is 500 g/mol. The third-order valence-corrected chi connectivity index (χ3v) is 2.77. The van der Waals surface area contributed by atoms with E-state index in [0.29, 0.717) is 0 Å². The Morgan fingerprint density at radius 3 is 2.14 bits per heavy atom. The number of hydrogen-bond donors (Lipinski definition) is 0. The van der Waals surface area contributed by atoms with Crippen LogP contribution in [0.5, 0.6) is 0 Å². The summed E-state index contributed by atoms with van der Waals surface area (Å²) in [4.78, 5) is 0. The zero-order chi connectivity index (χ0) is 15.0. The first-order valence-electron chi connectivity index (χ1n) is 6.86. The third-order valence-electron chi connectivity index (χ3n) is 2.77. The summed E-state index contributed by atoms with van der Waals surface area (Å²) >= 11 is 1.27. The summed E-state index contributed by atoms with van der Waals surface area (Å²) in [6.07, 6.45) is 8.15. The molecule has 2 aromatic rings. The van der Waals surface area contributed by atoms with E-state index in [1.807, 2.05) is 6.08 Å². The number of benzene rings is 1. The van der Waals surface area contributed by atoms with E-state index in [9.17, 15) is 0 Å². The van der Waals surface area contributed by atoms with Crippen molar-refractivity contribution in [3.63, 3.8) is 0 Å². The molecule has 0 aliphatic heterocycles. The van der Waals surface area contributed by atoms with Gasteiger partial charge >= 0.3 is 41.0 Å². The molecule has 3 rings (SSSR count). The smallest absolute Gasteiger partial charge is 0.0809 e. The third kappa shape index (κ3) is 9.61. The molecule has 0 N–H and O–H groups in total. The Bertz CT molecular complexity index is 617. The molecule has 0 aromatic heterocycles. The molecule has 0 heterocycles. The minimum absolute atomic E-state index is 0. The molecule has 0 amide bonds. The summed E-state index contributed by atoms with van der Waals surface area (Å²) < 4.78 is 1.56. The van der Waals surface area contributed by atoms with Crippen molar-refractivity contribution >= 4 is 14.0 Å². The second-order valence-corrected chi connectivity index (χ2v) is 8.76. The number of aryl methyl sites for hydroxylation is 1. The largest absolute Gasteiger partial charge is 1.00 e. The van der Waals surface area contributed by atoms with Crippen LogP contribution in [0.2, 0.25) is 0 Å². The summed E-state index contributed by atoms with van der Waals surface area (Å²) in [6.45, 7) is 8.54. The molecule has 0 fully saturated rings. The molecule has 0 radical (unpaired) electrons.